The second-order valence-corrected chi connectivity index (χ2v) is 6.59. The van der Waals surface area contributed by atoms with Gasteiger partial charge in [0.25, 0.3) is 15.2 Å². The third-order valence-corrected chi connectivity index (χ3v) is 4.34. The van der Waals surface area contributed by atoms with Crippen molar-refractivity contribution >= 4 is 10.0 Å². The first kappa shape index (κ1) is 14.4. The van der Waals surface area contributed by atoms with Gasteiger partial charge in [-0.15, -0.1) is 0 Å². The molecule has 7 heteroatoms. The van der Waals surface area contributed by atoms with Crippen molar-refractivity contribution < 1.29 is 8.42 Å². The van der Waals surface area contributed by atoms with Crippen molar-refractivity contribution in [3.8, 4) is 0 Å². The van der Waals surface area contributed by atoms with Crippen molar-refractivity contribution in [1.29, 1.82) is 0 Å². The monoisotopic (exact) mass is 284 g/mol. The minimum Gasteiger partial charge on any atom is -0.313 e. The van der Waals surface area contributed by atoms with Crippen molar-refractivity contribution in [3.05, 3.63) is 17.5 Å². The van der Waals surface area contributed by atoms with Crippen molar-refractivity contribution in [2.24, 2.45) is 0 Å². The molecule has 6 nitrogen and oxygen atoms in total. The minimum absolute atomic E-state index is 0.138. The fourth-order valence-electron chi connectivity index (χ4n) is 2.19. The van der Waals surface area contributed by atoms with Crippen LogP contribution in [0.4, 0.5) is 0 Å². The standard InChI is InChI=1S/C12H20N4O2S/c1-9-7-10(2)16-12(15-9)19(17,18)14-8-11-5-3-4-6-13-11/h7,11,13-14H,3-6,8H2,1-2H3. The molecule has 0 bridgehead atoms. The van der Waals surface area contributed by atoms with E-state index >= 15 is 0 Å². The van der Waals surface area contributed by atoms with Crippen LogP contribution < -0.4 is 10.0 Å². The van der Waals surface area contributed by atoms with Gasteiger partial charge in [0.1, 0.15) is 0 Å². The molecule has 0 saturated carbocycles. The van der Waals surface area contributed by atoms with E-state index in [9.17, 15) is 8.42 Å². The van der Waals surface area contributed by atoms with E-state index < -0.39 is 10.0 Å². The third kappa shape index (κ3) is 3.95. The first-order chi connectivity index (χ1) is 8.97. The molecule has 0 amide bonds. The molecule has 1 aliphatic heterocycles. The maximum Gasteiger partial charge on any atom is 0.276 e. The first-order valence-electron chi connectivity index (χ1n) is 6.53. The van der Waals surface area contributed by atoms with Gasteiger partial charge in [-0.05, 0) is 39.3 Å². The molecule has 0 aromatic carbocycles. The zero-order valence-electron chi connectivity index (χ0n) is 11.3. The molecule has 19 heavy (non-hydrogen) atoms. The topological polar surface area (TPSA) is 84.0 Å². The number of piperidine rings is 1. The van der Waals surface area contributed by atoms with E-state index in [1.807, 2.05) is 0 Å². The Morgan fingerprint density at radius 2 is 2.00 bits per heavy atom. The highest BCUT2D eigenvalue weighted by Gasteiger charge is 2.21. The molecule has 1 aliphatic rings. The summed E-state index contributed by atoms with van der Waals surface area (Å²) in [5.41, 5.74) is 1.31. The Bertz CT molecular complexity index is 518. The van der Waals surface area contributed by atoms with E-state index in [4.69, 9.17) is 0 Å². The van der Waals surface area contributed by atoms with Crippen LogP contribution >= 0.6 is 0 Å². The molecular formula is C12H20N4O2S. The molecule has 1 saturated heterocycles. The Morgan fingerprint density at radius 1 is 1.32 bits per heavy atom. The number of nitrogens with one attached hydrogen (secondary N) is 2. The number of hydrogen-bond donors (Lipinski definition) is 2. The molecule has 0 aliphatic carbocycles. The summed E-state index contributed by atoms with van der Waals surface area (Å²) in [7, 11) is -3.62. The number of sulfonamides is 1. The van der Waals surface area contributed by atoms with Crippen LogP contribution in [-0.2, 0) is 10.0 Å². The number of aryl methyl sites for hydroxylation is 2. The maximum absolute atomic E-state index is 12.1. The second kappa shape index (κ2) is 5.94. The average molecular weight is 284 g/mol. The Balaban J connectivity index is 2.04. The molecule has 106 valence electrons. The molecule has 0 spiro atoms. The van der Waals surface area contributed by atoms with E-state index in [2.05, 4.69) is 20.0 Å². The van der Waals surface area contributed by atoms with Crippen LogP contribution in [0.5, 0.6) is 0 Å². The van der Waals surface area contributed by atoms with Crippen LogP contribution in [-0.4, -0.2) is 37.5 Å². The SMILES string of the molecule is Cc1cc(C)nc(S(=O)(=O)NCC2CCCCN2)n1. The summed E-state index contributed by atoms with van der Waals surface area (Å²) in [6.45, 7) is 4.86. The second-order valence-electron chi connectivity index (χ2n) is 4.93. The van der Waals surface area contributed by atoms with Gasteiger partial charge in [-0.2, -0.15) is 0 Å². The van der Waals surface area contributed by atoms with Crippen molar-refractivity contribution in [2.75, 3.05) is 13.1 Å². The van der Waals surface area contributed by atoms with Gasteiger partial charge in [-0.3, -0.25) is 0 Å². The van der Waals surface area contributed by atoms with Gasteiger partial charge in [0.05, 0.1) is 0 Å². The number of nitrogens with zero attached hydrogens (tertiary/aromatic N) is 2. The minimum atomic E-state index is -3.62. The van der Waals surface area contributed by atoms with Crippen LogP contribution in [0.1, 0.15) is 30.7 Å². The molecule has 2 N–H and O–H groups in total. The van der Waals surface area contributed by atoms with Crippen LogP contribution in [0.3, 0.4) is 0 Å². The predicted molar refractivity (Wildman–Crippen MR) is 72.3 cm³/mol. The lowest BCUT2D eigenvalue weighted by molar-refractivity contribution is 0.398. The summed E-state index contributed by atoms with van der Waals surface area (Å²) in [5, 5.41) is 3.16. The van der Waals surface area contributed by atoms with Crippen molar-refractivity contribution in [3.63, 3.8) is 0 Å². The Hall–Kier alpha value is -1.05. The molecular weight excluding hydrogens is 264 g/mol. The summed E-state index contributed by atoms with van der Waals surface area (Å²) in [5.74, 6) is 0. The zero-order valence-corrected chi connectivity index (χ0v) is 12.1. The van der Waals surface area contributed by atoms with Crippen LogP contribution in [0, 0.1) is 13.8 Å². The molecule has 2 rings (SSSR count). The van der Waals surface area contributed by atoms with Crippen LogP contribution in [0.25, 0.3) is 0 Å². The van der Waals surface area contributed by atoms with Gasteiger partial charge in [0.2, 0.25) is 0 Å². The average Bonchev–Trinajstić information content (AvgIpc) is 2.37. The van der Waals surface area contributed by atoms with Gasteiger partial charge in [-0.1, -0.05) is 6.42 Å². The lowest BCUT2D eigenvalue weighted by Gasteiger charge is -2.23. The van der Waals surface area contributed by atoms with E-state index in [0.717, 1.165) is 25.8 Å². The summed E-state index contributed by atoms with van der Waals surface area (Å²) < 4.78 is 26.8. The van der Waals surface area contributed by atoms with E-state index in [0.29, 0.717) is 17.9 Å². The molecule has 2 heterocycles. The van der Waals surface area contributed by atoms with Crippen LogP contribution in [0.15, 0.2) is 11.2 Å². The lowest BCUT2D eigenvalue weighted by Crippen LogP contribution is -2.43. The number of rotatable bonds is 4. The van der Waals surface area contributed by atoms with Crippen molar-refractivity contribution in [2.45, 2.75) is 44.3 Å². The van der Waals surface area contributed by atoms with Crippen molar-refractivity contribution in [1.82, 2.24) is 20.0 Å². The first-order valence-corrected chi connectivity index (χ1v) is 8.01. The van der Waals surface area contributed by atoms with Crippen LogP contribution in [0.2, 0.25) is 0 Å². The molecule has 1 atom stereocenters. The summed E-state index contributed by atoms with van der Waals surface area (Å²) in [4.78, 5) is 7.97. The molecule has 1 aromatic heterocycles. The quantitative estimate of drug-likeness (QED) is 0.787. The fourth-order valence-corrected chi connectivity index (χ4v) is 3.26. The number of aromatic nitrogens is 2. The predicted octanol–water partition coefficient (Wildman–Crippen LogP) is 0.514. The molecule has 1 fully saturated rings. The Morgan fingerprint density at radius 3 is 2.58 bits per heavy atom. The fraction of sp³-hybridized carbons (Fsp3) is 0.667. The maximum atomic E-state index is 12.1. The highest BCUT2D eigenvalue weighted by Crippen LogP contribution is 2.08. The molecule has 1 aromatic rings. The van der Waals surface area contributed by atoms with Gasteiger partial charge >= 0.3 is 0 Å². The largest absolute Gasteiger partial charge is 0.313 e. The summed E-state index contributed by atoms with van der Waals surface area (Å²) in [6, 6.07) is 1.95. The number of hydrogen-bond acceptors (Lipinski definition) is 5. The van der Waals surface area contributed by atoms with Gasteiger partial charge < -0.3 is 5.32 Å². The Kier molecular flexibility index (Phi) is 4.49. The Labute approximate surface area is 114 Å². The van der Waals surface area contributed by atoms with E-state index in [-0.39, 0.29) is 11.2 Å². The van der Waals surface area contributed by atoms with E-state index in [1.54, 1.807) is 19.9 Å². The zero-order chi connectivity index (χ0) is 13.9. The summed E-state index contributed by atoms with van der Waals surface area (Å²) >= 11 is 0. The molecule has 1 unspecified atom stereocenters. The lowest BCUT2D eigenvalue weighted by atomic mass is 10.1. The third-order valence-electron chi connectivity index (χ3n) is 3.13. The highest BCUT2D eigenvalue weighted by atomic mass is 32.2. The summed E-state index contributed by atoms with van der Waals surface area (Å²) in [6.07, 6.45) is 3.29. The molecule has 0 radical (unpaired) electrons. The van der Waals surface area contributed by atoms with Gasteiger partial charge in [0.15, 0.2) is 0 Å². The van der Waals surface area contributed by atoms with Gasteiger partial charge in [0, 0.05) is 24.0 Å². The highest BCUT2D eigenvalue weighted by molar-refractivity contribution is 7.89. The smallest absolute Gasteiger partial charge is 0.276 e. The van der Waals surface area contributed by atoms with Gasteiger partial charge in [-0.25, -0.2) is 23.1 Å². The van der Waals surface area contributed by atoms with E-state index in [1.165, 1.54) is 0 Å². The normalized spacial score (nSPS) is 20.4.